The molecule has 1 unspecified atom stereocenters. The molecule has 7 heteroatoms. The highest BCUT2D eigenvalue weighted by atomic mass is 32.1. The van der Waals surface area contributed by atoms with E-state index < -0.39 is 0 Å². The van der Waals surface area contributed by atoms with E-state index in [1.54, 1.807) is 17.9 Å². The van der Waals surface area contributed by atoms with Crippen molar-refractivity contribution in [3.63, 3.8) is 0 Å². The lowest BCUT2D eigenvalue weighted by Gasteiger charge is -2.24. The first kappa shape index (κ1) is 15.6. The number of hydrogen-bond donors (Lipinski definition) is 1. The van der Waals surface area contributed by atoms with Crippen molar-refractivity contribution in [2.75, 3.05) is 6.54 Å². The Hall–Kier alpha value is -2.28. The number of rotatable bonds is 4. The maximum atomic E-state index is 12.6. The van der Waals surface area contributed by atoms with E-state index in [1.807, 2.05) is 17.0 Å². The van der Waals surface area contributed by atoms with Gasteiger partial charge in [0.05, 0.1) is 30.0 Å². The molecule has 1 fully saturated rings. The summed E-state index contributed by atoms with van der Waals surface area (Å²) in [6, 6.07) is 3.97. The molecule has 0 radical (unpaired) electrons. The largest absolute Gasteiger partial charge is 0.351 e. The van der Waals surface area contributed by atoms with E-state index in [0.717, 1.165) is 30.6 Å². The zero-order valence-electron chi connectivity index (χ0n) is 12.9. The maximum Gasteiger partial charge on any atom is 0.266 e. The Bertz CT molecular complexity index is 702. The van der Waals surface area contributed by atoms with Crippen molar-refractivity contribution in [3.05, 3.63) is 46.2 Å². The van der Waals surface area contributed by atoms with Gasteiger partial charge in [0.2, 0.25) is 5.91 Å². The zero-order valence-corrected chi connectivity index (χ0v) is 13.7. The second-order valence-corrected chi connectivity index (χ2v) is 6.40. The van der Waals surface area contributed by atoms with Gasteiger partial charge in [-0.3, -0.25) is 19.6 Å². The van der Waals surface area contributed by atoms with Gasteiger partial charge in [-0.15, -0.1) is 11.3 Å². The average Bonchev–Trinajstić information content (AvgIpc) is 3.23. The topological polar surface area (TPSA) is 75.2 Å². The van der Waals surface area contributed by atoms with Crippen LogP contribution in [-0.2, 0) is 11.3 Å². The Labute approximate surface area is 138 Å². The number of aromatic nitrogens is 2. The highest BCUT2D eigenvalue weighted by Gasteiger charge is 2.31. The highest BCUT2D eigenvalue weighted by molar-refractivity contribution is 7.11. The highest BCUT2D eigenvalue weighted by Crippen LogP contribution is 2.33. The van der Waals surface area contributed by atoms with E-state index in [0.29, 0.717) is 11.4 Å². The van der Waals surface area contributed by atoms with Crippen molar-refractivity contribution in [1.29, 1.82) is 0 Å². The van der Waals surface area contributed by atoms with Crippen molar-refractivity contribution < 1.29 is 9.59 Å². The van der Waals surface area contributed by atoms with Gasteiger partial charge in [0.1, 0.15) is 4.88 Å². The number of carbonyl (C=O) groups is 2. The van der Waals surface area contributed by atoms with E-state index in [2.05, 4.69) is 15.3 Å². The lowest BCUT2D eigenvalue weighted by atomic mass is 10.0. The molecular formula is C16H18N4O2S. The third kappa shape index (κ3) is 3.56. The molecule has 1 atom stereocenters. The molecule has 6 nitrogen and oxygen atoms in total. The summed E-state index contributed by atoms with van der Waals surface area (Å²) in [4.78, 5) is 34.5. The van der Waals surface area contributed by atoms with Crippen LogP contribution in [0.2, 0.25) is 0 Å². The Kier molecular flexibility index (Phi) is 4.66. The number of hydrogen-bond acceptors (Lipinski definition) is 5. The summed E-state index contributed by atoms with van der Waals surface area (Å²) in [6.07, 6.45) is 5.28. The van der Waals surface area contributed by atoms with Crippen molar-refractivity contribution in [2.24, 2.45) is 0 Å². The van der Waals surface area contributed by atoms with Gasteiger partial charge in [0, 0.05) is 19.7 Å². The van der Waals surface area contributed by atoms with Gasteiger partial charge in [-0.1, -0.05) is 0 Å². The van der Waals surface area contributed by atoms with Crippen molar-refractivity contribution in [2.45, 2.75) is 32.4 Å². The minimum Gasteiger partial charge on any atom is -0.351 e. The van der Waals surface area contributed by atoms with Gasteiger partial charge in [-0.25, -0.2) is 0 Å². The molecule has 2 aromatic heterocycles. The van der Waals surface area contributed by atoms with Crippen LogP contribution >= 0.6 is 11.3 Å². The molecule has 1 saturated heterocycles. The molecule has 3 heterocycles. The molecule has 2 amide bonds. The number of nitrogens with one attached hydrogen (secondary N) is 1. The third-order valence-electron chi connectivity index (χ3n) is 3.90. The lowest BCUT2D eigenvalue weighted by molar-refractivity contribution is -0.119. The first-order valence-electron chi connectivity index (χ1n) is 7.54. The predicted octanol–water partition coefficient (Wildman–Crippen LogP) is 2.15. The molecule has 0 aliphatic carbocycles. The Morgan fingerprint density at radius 1 is 1.48 bits per heavy atom. The van der Waals surface area contributed by atoms with Crippen LogP contribution in [0.1, 0.15) is 46.7 Å². The van der Waals surface area contributed by atoms with Crippen LogP contribution in [0.5, 0.6) is 0 Å². The van der Waals surface area contributed by atoms with E-state index in [1.165, 1.54) is 18.3 Å². The summed E-state index contributed by atoms with van der Waals surface area (Å²) in [7, 11) is 0. The van der Waals surface area contributed by atoms with E-state index in [9.17, 15) is 9.59 Å². The second-order valence-electron chi connectivity index (χ2n) is 5.51. The van der Waals surface area contributed by atoms with Gasteiger partial charge in [0.25, 0.3) is 5.91 Å². The van der Waals surface area contributed by atoms with Crippen LogP contribution in [0.15, 0.2) is 30.0 Å². The quantitative estimate of drug-likeness (QED) is 0.932. The standard InChI is InChI=1S/C16H18N4O2S/c1-11(21)19-8-13-7-12(4-5-18-13)14-3-2-6-20(14)16(22)15-9-17-10-23-15/h4-5,7,9-10,14H,2-3,6,8H2,1H3,(H,19,21). The molecule has 120 valence electrons. The minimum atomic E-state index is -0.0833. The monoisotopic (exact) mass is 330 g/mol. The summed E-state index contributed by atoms with van der Waals surface area (Å²) in [5.74, 6) is -0.0460. The fourth-order valence-corrected chi connectivity index (χ4v) is 3.41. The number of thiazole rings is 1. The van der Waals surface area contributed by atoms with Crippen molar-refractivity contribution in [3.8, 4) is 0 Å². The number of carbonyl (C=O) groups excluding carboxylic acids is 2. The van der Waals surface area contributed by atoms with Crippen LogP contribution in [0, 0.1) is 0 Å². The summed E-state index contributed by atoms with van der Waals surface area (Å²) in [5, 5.41) is 2.75. The SMILES string of the molecule is CC(=O)NCc1cc(C2CCCN2C(=O)c2cncs2)ccn1. The van der Waals surface area contributed by atoms with E-state index >= 15 is 0 Å². The van der Waals surface area contributed by atoms with Gasteiger partial charge in [-0.2, -0.15) is 0 Å². The number of nitrogens with zero attached hydrogens (tertiary/aromatic N) is 3. The van der Waals surface area contributed by atoms with Crippen molar-refractivity contribution >= 4 is 23.2 Å². The Morgan fingerprint density at radius 3 is 3.09 bits per heavy atom. The average molecular weight is 330 g/mol. The van der Waals surface area contributed by atoms with Crippen LogP contribution in [-0.4, -0.2) is 33.2 Å². The van der Waals surface area contributed by atoms with Crippen LogP contribution in [0.4, 0.5) is 0 Å². The first-order valence-corrected chi connectivity index (χ1v) is 8.42. The number of likely N-dealkylation sites (tertiary alicyclic amines) is 1. The predicted molar refractivity (Wildman–Crippen MR) is 86.9 cm³/mol. The molecule has 0 spiro atoms. The normalized spacial score (nSPS) is 17.3. The fraction of sp³-hybridized carbons (Fsp3) is 0.375. The molecule has 1 N–H and O–H groups in total. The molecule has 1 aliphatic heterocycles. The second kappa shape index (κ2) is 6.87. The first-order chi connectivity index (χ1) is 11.1. The Morgan fingerprint density at radius 2 is 2.35 bits per heavy atom. The van der Waals surface area contributed by atoms with Crippen LogP contribution < -0.4 is 5.32 Å². The molecule has 0 saturated carbocycles. The summed E-state index contributed by atoms with van der Waals surface area (Å²) in [5.41, 5.74) is 3.54. The number of amides is 2. The molecular weight excluding hydrogens is 312 g/mol. The van der Waals surface area contributed by atoms with Crippen LogP contribution in [0.3, 0.4) is 0 Å². The summed E-state index contributed by atoms with van der Waals surface area (Å²) >= 11 is 1.37. The van der Waals surface area contributed by atoms with E-state index in [4.69, 9.17) is 0 Å². The summed E-state index contributed by atoms with van der Waals surface area (Å²) < 4.78 is 0. The summed E-state index contributed by atoms with van der Waals surface area (Å²) in [6.45, 7) is 2.64. The van der Waals surface area contributed by atoms with Gasteiger partial charge < -0.3 is 10.2 Å². The number of pyridine rings is 1. The van der Waals surface area contributed by atoms with Gasteiger partial charge in [-0.05, 0) is 30.5 Å². The lowest BCUT2D eigenvalue weighted by Crippen LogP contribution is -2.30. The van der Waals surface area contributed by atoms with Crippen molar-refractivity contribution in [1.82, 2.24) is 20.2 Å². The smallest absolute Gasteiger partial charge is 0.266 e. The molecule has 1 aliphatic rings. The molecule has 0 aromatic carbocycles. The van der Waals surface area contributed by atoms with E-state index in [-0.39, 0.29) is 17.9 Å². The molecule has 23 heavy (non-hydrogen) atoms. The van der Waals surface area contributed by atoms with Gasteiger partial charge >= 0.3 is 0 Å². The third-order valence-corrected chi connectivity index (χ3v) is 4.66. The minimum absolute atomic E-state index is 0.0372. The molecule has 2 aromatic rings. The molecule has 0 bridgehead atoms. The Balaban J connectivity index is 1.78. The van der Waals surface area contributed by atoms with Crippen LogP contribution in [0.25, 0.3) is 0 Å². The van der Waals surface area contributed by atoms with Gasteiger partial charge in [0.15, 0.2) is 0 Å². The molecule has 3 rings (SSSR count). The zero-order chi connectivity index (χ0) is 16.2. The maximum absolute atomic E-state index is 12.6. The fourth-order valence-electron chi connectivity index (χ4n) is 2.84.